The first-order valence-corrected chi connectivity index (χ1v) is 12.0. The third kappa shape index (κ3) is 3.79. The topological polar surface area (TPSA) is 71.9 Å². The van der Waals surface area contributed by atoms with E-state index in [2.05, 4.69) is 4.98 Å². The monoisotopic (exact) mass is 432 g/mol. The van der Waals surface area contributed by atoms with E-state index in [1.165, 1.54) is 11.3 Å². The number of aliphatic hydroxyl groups is 1. The van der Waals surface area contributed by atoms with Gasteiger partial charge in [-0.3, -0.25) is 4.79 Å². The average Bonchev–Trinajstić information content (AvgIpc) is 3.35. The molecule has 2 aromatic rings. The zero-order valence-electron chi connectivity index (χ0n) is 16.1. The number of benzene rings is 1. The average molecular weight is 433 g/mol. The van der Waals surface area contributed by atoms with Crippen LogP contribution in [0.1, 0.15) is 34.6 Å². The van der Waals surface area contributed by atoms with Gasteiger partial charge in [0.05, 0.1) is 12.2 Å². The van der Waals surface area contributed by atoms with Crippen molar-refractivity contribution in [2.24, 2.45) is 0 Å². The van der Waals surface area contributed by atoms with Gasteiger partial charge in [0.1, 0.15) is 22.5 Å². The Bertz CT molecular complexity index is 861. The molecule has 1 atom stereocenters. The molecule has 154 valence electrons. The Kier molecular flexibility index (Phi) is 5.06. The highest BCUT2D eigenvalue weighted by atomic mass is 32.2. The molecule has 3 aliphatic rings. The van der Waals surface area contributed by atoms with Crippen molar-refractivity contribution in [1.82, 2.24) is 9.88 Å². The van der Waals surface area contributed by atoms with Crippen LogP contribution in [0.3, 0.4) is 0 Å². The van der Waals surface area contributed by atoms with Gasteiger partial charge in [0, 0.05) is 48.2 Å². The molecule has 0 radical (unpaired) electrons. The van der Waals surface area contributed by atoms with Crippen LogP contribution < -0.4 is 4.74 Å². The van der Waals surface area contributed by atoms with Gasteiger partial charge in [-0.15, -0.1) is 11.3 Å². The lowest BCUT2D eigenvalue weighted by Gasteiger charge is -2.39. The second-order valence-electron chi connectivity index (χ2n) is 8.11. The lowest BCUT2D eigenvalue weighted by Crippen LogP contribution is -2.47. The summed E-state index contributed by atoms with van der Waals surface area (Å²) in [4.78, 5) is 19.1. The molecule has 8 heteroatoms. The molecule has 6 nitrogen and oxygen atoms in total. The third-order valence-corrected chi connectivity index (χ3v) is 8.22. The van der Waals surface area contributed by atoms with Gasteiger partial charge >= 0.3 is 0 Å². The van der Waals surface area contributed by atoms with Crippen molar-refractivity contribution in [2.45, 2.75) is 36.6 Å². The van der Waals surface area contributed by atoms with Crippen LogP contribution in [0.2, 0.25) is 0 Å². The summed E-state index contributed by atoms with van der Waals surface area (Å²) in [6, 6.07) is 7.47. The van der Waals surface area contributed by atoms with Crippen molar-refractivity contribution in [1.29, 1.82) is 0 Å². The number of likely N-dealkylation sites (tertiary alicyclic amines) is 1. The summed E-state index contributed by atoms with van der Waals surface area (Å²) in [6.45, 7) is 1.53. The minimum atomic E-state index is -1.00. The summed E-state index contributed by atoms with van der Waals surface area (Å²) in [5.74, 6) is 2.94. The minimum absolute atomic E-state index is 0.0405. The molecule has 1 amide bonds. The fraction of sp³-hybridized carbons (Fsp3) is 0.524. The predicted molar refractivity (Wildman–Crippen MR) is 113 cm³/mol. The van der Waals surface area contributed by atoms with E-state index in [1.807, 2.05) is 46.3 Å². The number of aromatic nitrogens is 1. The van der Waals surface area contributed by atoms with Gasteiger partial charge in [-0.1, -0.05) is 0 Å². The number of carbonyl (C=O) groups is 1. The molecule has 0 saturated carbocycles. The fourth-order valence-electron chi connectivity index (χ4n) is 4.27. The Balaban J connectivity index is 1.19. The SMILES string of the molecule is O=C(c1ccc(OC2CSC2)cc1)N1CCC2(CC1)C[C@](O)(c1nccs1)CO2. The van der Waals surface area contributed by atoms with E-state index < -0.39 is 5.60 Å². The first-order valence-electron chi connectivity index (χ1n) is 9.95. The number of rotatable bonds is 4. The number of thiazole rings is 1. The lowest BCUT2D eigenvalue weighted by atomic mass is 9.83. The molecule has 3 aliphatic heterocycles. The summed E-state index contributed by atoms with van der Waals surface area (Å²) in [6.07, 6.45) is 4.02. The second kappa shape index (κ2) is 7.58. The summed E-state index contributed by atoms with van der Waals surface area (Å²) < 4.78 is 11.9. The molecule has 1 aromatic carbocycles. The van der Waals surface area contributed by atoms with Crippen LogP contribution in [0.15, 0.2) is 35.8 Å². The number of piperidine rings is 1. The normalized spacial score (nSPS) is 26.4. The van der Waals surface area contributed by atoms with Crippen LogP contribution in [0, 0.1) is 0 Å². The van der Waals surface area contributed by atoms with Gasteiger partial charge in [0.2, 0.25) is 0 Å². The lowest BCUT2D eigenvalue weighted by molar-refractivity contribution is -0.0431. The van der Waals surface area contributed by atoms with Crippen molar-refractivity contribution < 1.29 is 19.4 Å². The molecule has 3 fully saturated rings. The standard InChI is InChI=1S/C21H24N2O4S2/c24-18(15-1-3-16(4-2-15)27-17-11-28-12-17)23-8-5-20(6-9-23)13-21(25,14-26-20)19-22-7-10-29-19/h1-4,7,10,17,25H,5-6,8-9,11-14H2/t21-/m1/s1. The number of hydrogen-bond donors (Lipinski definition) is 1. The van der Waals surface area contributed by atoms with Gasteiger partial charge in [0.15, 0.2) is 0 Å². The molecular weight excluding hydrogens is 408 g/mol. The maximum atomic E-state index is 12.9. The van der Waals surface area contributed by atoms with Crippen LogP contribution in [0.5, 0.6) is 5.75 Å². The van der Waals surface area contributed by atoms with Gasteiger partial charge < -0.3 is 19.5 Å². The highest BCUT2D eigenvalue weighted by molar-refractivity contribution is 8.00. The predicted octanol–water partition coefficient (Wildman–Crippen LogP) is 2.92. The van der Waals surface area contributed by atoms with Gasteiger partial charge in [0.25, 0.3) is 5.91 Å². The summed E-state index contributed by atoms with van der Waals surface area (Å²) in [5.41, 5.74) is -0.687. The van der Waals surface area contributed by atoms with Crippen molar-refractivity contribution in [3.8, 4) is 5.75 Å². The summed E-state index contributed by atoms with van der Waals surface area (Å²) in [7, 11) is 0. The fourth-order valence-corrected chi connectivity index (χ4v) is 5.56. The summed E-state index contributed by atoms with van der Waals surface area (Å²) in [5, 5.41) is 13.6. The molecule has 4 heterocycles. The molecule has 5 rings (SSSR count). The highest BCUT2D eigenvalue weighted by Crippen LogP contribution is 2.45. The first-order chi connectivity index (χ1) is 14.1. The molecule has 1 N–H and O–H groups in total. The van der Waals surface area contributed by atoms with E-state index in [0.29, 0.717) is 31.2 Å². The minimum Gasteiger partial charge on any atom is -0.489 e. The molecular formula is C21H24N2O4S2. The van der Waals surface area contributed by atoms with E-state index in [0.717, 1.165) is 35.1 Å². The number of hydrogen-bond acceptors (Lipinski definition) is 7. The van der Waals surface area contributed by atoms with E-state index in [4.69, 9.17) is 9.47 Å². The van der Waals surface area contributed by atoms with E-state index in [-0.39, 0.29) is 18.1 Å². The molecule has 3 saturated heterocycles. The quantitative estimate of drug-likeness (QED) is 0.801. The van der Waals surface area contributed by atoms with Gasteiger partial charge in [-0.2, -0.15) is 11.8 Å². The Labute approximate surface area is 178 Å². The van der Waals surface area contributed by atoms with E-state index >= 15 is 0 Å². The molecule has 1 aromatic heterocycles. The molecule has 0 unspecified atom stereocenters. The van der Waals surface area contributed by atoms with Crippen LogP contribution in [-0.2, 0) is 10.3 Å². The molecule has 0 bridgehead atoms. The zero-order chi connectivity index (χ0) is 19.9. The Morgan fingerprint density at radius 1 is 1.24 bits per heavy atom. The largest absolute Gasteiger partial charge is 0.489 e. The molecule has 29 heavy (non-hydrogen) atoms. The van der Waals surface area contributed by atoms with Gasteiger partial charge in [-0.05, 0) is 37.1 Å². The zero-order valence-corrected chi connectivity index (χ0v) is 17.7. The van der Waals surface area contributed by atoms with Crippen molar-refractivity contribution in [2.75, 3.05) is 31.2 Å². The second-order valence-corrected chi connectivity index (χ2v) is 10.1. The van der Waals surface area contributed by atoms with Crippen LogP contribution in [-0.4, -0.2) is 63.8 Å². The van der Waals surface area contributed by atoms with Crippen molar-refractivity contribution in [3.63, 3.8) is 0 Å². The Morgan fingerprint density at radius 2 is 2.00 bits per heavy atom. The van der Waals surface area contributed by atoms with Crippen molar-refractivity contribution >= 4 is 29.0 Å². The van der Waals surface area contributed by atoms with Crippen molar-refractivity contribution in [3.05, 3.63) is 46.4 Å². The number of amides is 1. The Morgan fingerprint density at radius 3 is 2.62 bits per heavy atom. The maximum Gasteiger partial charge on any atom is 0.253 e. The van der Waals surface area contributed by atoms with Gasteiger partial charge in [-0.25, -0.2) is 4.98 Å². The summed E-state index contributed by atoms with van der Waals surface area (Å²) >= 11 is 3.35. The van der Waals surface area contributed by atoms with Crippen LogP contribution in [0.25, 0.3) is 0 Å². The number of nitrogens with zero attached hydrogens (tertiary/aromatic N) is 2. The smallest absolute Gasteiger partial charge is 0.253 e. The molecule has 0 aliphatic carbocycles. The third-order valence-electron chi connectivity index (χ3n) is 6.04. The van der Waals surface area contributed by atoms with E-state index in [9.17, 15) is 9.90 Å². The van der Waals surface area contributed by atoms with Crippen LogP contribution in [0.4, 0.5) is 0 Å². The van der Waals surface area contributed by atoms with E-state index in [1.54, 1.807) is 6.20 Å². The first kappa shape index (κ1) is 19.4. The number of thioether (sulfide) groups is 1. The number of ether oxygens (including phenoxy) is 2. The molecule has 1 spiro atoms. The Hall–Kier alpha value is -1.61. The van der Waals surface area contributed by atoms with Crippen LogP contribution >= 0.6 is 23.1 Å². The maximum absolute atomic E-state index is 12.9. The number of carbonyl (C=O) groups excluding carboxylic acids is 1. The highest BCUT2D eigenvalue weighted by Gasteiger charge is 2.52.